The zero-order chi connectivity index (χ0) is 13.1. The largest absolute Gasteiger partial charge is 0.487 e. The Balaban J connectivity index is 2.24. The maximum Gasteiger partial charge on any atom is 0.305 e. The topological polar surface area (TPSA) is 49.8 Å². The SMILES string of the molecule is CCc1ccc2c(c1)N(CCC(=O)O)CC(C)O2. The predicted octanol–water partition coefficient (Wildman–Crippen LogP) is 2.31. The van der Waals surface area contributed by atoms with Gasteiger partial charge in [0.15, 0.2) is 0 Å². The van der Waals surface area contributed by atoms with Crippen molar-refractivity contribution < 1.29 is 14.6 Å². The highest BCUT2D eigenvalue weighted by Gasteiger charge is 2.23. The number of ether oxygens (including phenoxy) is 1. The molecule has 0 spiro atoms. The van der Waals surface area contributed by atoms with Gasteiger partial charge in [-0.15, -0.1) is 0 Å². The molecule has 1 aliphatic rings. The summed E-state index contributed by atoms with van der Waals surface area (Å²) in [7, 11) is 0. The van der Waals surface area contributed by atoms with Crippen LogP contribution < -0.4 is 9.64 Å². The molecule has 0 fully saturated rings. The minimum absolute atomic E-state index is 0.0961. The second kappa shape index (κ2) is 5.29. The second-order valence-electron chi connectivity index (χ2n) is 4.67. The van der Waals surface area contributed by atoms with Gasteiger partial charge in [-0.05, 0) is 31.0 Å². The number of fused-ring (bicyclic) bond motifs is 1. The molecule has 4 heteroatoms. The number of aryl methyl sites for hydroxylation is 1. The van der Waals surface area contributed by atoms with Crippen LogP contribution in [0.15, 0.2) is 18.2 Å². The third-order valence-corrected chi connectivity index (χ3v) is 3.17. The lowest BCUT2D eigenvalue weighted by molar-refractivity contribution is -0.136. The highest BCUT2D eigenvalue weighted by atomic mass is 16.5. The molecular formula is C14H19NO3. The Labute approximate surface area is 107 Å². The summed E-state index contributed by atoms with van der Waals surface area (Å²) in [6.07, 6.45) is 1.22. The first-order valence-electron chi connectivity index (χ1n) is 6.36. The number of anilines is 1. The Morgan fingerprint density at radius 1 is 1.56 bits per heavy atom. The van der Waals surface area contributed by atoms with Crippen LogP contribution >= 0.6 is 0 Å². The summed E-state index contributed by atoms with van der Waals surface area (Å²) in [5, 5.41) is 8.80. The van der Waals surface area contributed by atoms with Gasteiger partial charge in [0.1, 0.15) is 11.9 Å². The van der Waals surface area contributed by atoms with E-state index in [4.69, 9.17) is 9.84 Å². The van der Waals surface area contributed by atoms with Crippen molar-refractivity contribution in [1.29, 1.82) is 0 Å². The lowest BCUT2D eigenvalue weighted by atomic mass is 10.1. The van der Waals surface area contributed by atoms with Crippen molar-refractivity contribution in [2.45, 2.75) is 32.8 Å². The Kier molecular flexibility index (Phi) is 3.75. The number of carboxylic acid groups (broad SMARTS) is 1. The number of nitrogens with zero attached hydrogens (tertiary/aromatic N) is 1. The maximum absolute atomic E-state index is 10.7. The van der Waals surface area contributed by atoms with Crippen molar-refractivity contribution in [3.05, 3.63) is 23.8 Å². The number of carbonyl (C=O) groups is 1. The van der Waals surface area contributed by atoms with Gasteiger partial charge in [-0.3, -0.25) is 4.79 Å². The molecule has 1 heterocycles. The van der Waals surface area contributed by atoms with Crippen LogP contribution in [0.2, 0.25) is 0 Å². The first-order valence-corrected chi connectivity index (χ1v) is 6.36. The maximum atomic E-state index is 10.7. The van der Waals surface area contributed by atoms with Crippen LogP contribution in [0.5, 0.6) is 5.75 Å². The smallest absolute Gasteiger partial charge is 0.305 e. The molecule has 1 unspecified atom stereocenters. The summed E-state index contributed by atoms with van der Waals surface area (Å²) in [5.41, 5.74) is 2.26. The van der Waals surface area contributed by atoms with E-state index in [2.05, 4.69) is 24.0 Å². The first kappa shape index (κ1) is 12.7. The third kappa shape index (κ3) is 2.75. The van der Waals surface area contributed by atoms with Gasteiger partial charge in [-0.2, -0.15) is 0 Å². The van der Waals surface area contributed by atoms with Crippen molar-refractivity contribution in [2.24, 2.45) is 0 Å². The van der Waals surface area contributed by atoms with Gasteiger partial charge in [-0.1, -0.05) is 13.0 Å². The van der Waals surface area contributed by atoms with Crippen LogP contribution in [-0.2, 0) is 11.2 Å². The van der Waals surface area contributed by atoms with E-state index < -0.39 is 5.97 Å². The lowest BCUT2D eigenvalue weighted by Gasteiger charge is -2.35. The van der Waals surface area contributed by atoms with Gasteiger partial charge in [0.25, 0.3) is 0 Å². The fraction of sp³-hybridized carbons (Fsp3) is 0.500. The molecular weight excluding hydrogens is 230 g/mol. The minimum Gasteiger partial charge on any atom is -0.487 e. The Hall–Kier alpha value is -1.71. The van der Waals surface area contributed by atoms with Crippen LogP contribution in [0.4, 0.5) is 5.69 Å². The normalized spacial score (nSPS) is 18.1. The van der Waals surface area contributed by atoms with Crippen LogP contribution in [0.3, 0.4) is 0 Å². The molecule has 1 aromatic rings. The second-order valence-corrected chi connectivity index (χ2v) is 4.67. The van der Waals surface area contributed by atoms with E-state index in [0.29, 0.717) is 6.54 Å². The molecule has 2 rings (SSSR count). The molecule has 0 saturated heterocycles. The molecule has 0 aromatic heterocycles. The van der Waals surface area contributed by atoms with E-state index in [-0.39, 0.29) is 12.5 Å². The van der Waals surface area contributed by atoms with E-state index >= 15 is 0 Å². The standard InChI is InChI=1S/C14H19NO3/c1-3-11-4-5-13-12(8-11)15(7-6-14(16)17)9-10(2)18-13/h4-5,8,10H,3,6-7,9H2,1-2H3,(H,16,17). The van der Waals surface area contributed by atoms with Gasteiger partial charge in [0, 0.05) is 6.54 Å². The number of benzene rings is 1. The summed E-state index contributed by atoms with van der Waals surface area (Å²) < 4.78 is 5.78. The van der Waals surface area contributed by atoms with Crippen LogP contribution in [-0.4, -0.2) is 30.3 Å². The van der Waals surface area contributed by atoms with Gasteiger partial charge >= 0.3 is 5.97 Å². The quantitative estimate of drug-likeness (QED) is 0.889. The average molecular weight is 249 g/mol. The first-order chi connectivity index (χ1) is 8.60. The monoisotopic (exact) mass is 249 g/mol. The lowest BCUT2D eigenvalue weighted by Crippen LogP contribution is -2.39. The van der Waals surface area contributed by atoms with Crippen LogP contribution in [0.25, 0.3) is 0 Å². The van der Waals surface area contributed by atoms with Crippen LogP contribution in [0, 0.1) is 0 Å². The Bertz CT molecular complexity index is 445. The van der Waals surface area contributed by atoms with E-state index in [1.807, 2.05) is 13.0 Å². The highest BCUT2D eigenvalue weighted by molar-refractivity contribution is 5.69. The van der Waals surface area contributed by atoms with E-state index in [0.717, 1.165) is 24.4 Å². The van der Waals surface area contributed by atoms with Crippen molar-refractivity contribution in [3.8, 4) is 5.75 Å². The van der Waals surface area contributed by atoms with Crippen molar-refractivity contribution in [1.82, 2.24) is 0 Å². The Morgan fingerprint density at radius 2 is 2.33 bits per heavy atom. The molecule has 4 nitrogen and oxygen atoms in total. The fourth-order valence-corrected chi connectivity index (χ4v) is 2.23. The summed E-state index contributed by atoms with van der Waals surface area (Å²) in [6, 6.07) is 6.15. The summed E-state index contributed by atoms with van der Waals surface area (Å²) in [5.74, 6) is 0.0960. The zero-order valence-electron chi connectivity index (χ0n) is 10.8. The number of rotatable bonds is 4. The molecule has 0 saturated carbocycles. The molecule has 98 valence electrons. The van der Waals surface area contributed by atoms with Gasteiger partial charge in [-0.25, -0.2) is 0 Å². The van der Waals surface area contributed by atoms with Gasteiger partial charge < -0.3 is 14.7 Å². The highest BCUT2D eigenvalue weighted by Crippen LogP contribution is 2.34. The average Bonchev–Trinajstić information content (AvgIpc) is 2.35. The number of hydrogen-bond donors (Lipinski definition) is 1. The molecule has 1 aliphatic heterocycles. The molecule has 18 heavy (non-hydrogen) atoms. The van der Waals surface area contributed by atoms with E-state index in [1.165, 1.54) is 5.56 Å². The Morgan fingerprint density at radius 3 is 3.00 bits per heavy atom. The van der Waals surface area contributed by atoms with E-state index in [1.54, 1.807) is 0 Å². The van der Waals surface area contributed by atoms with Crippen molar-refractivity contribution in [2.75, 3.05) is 18.0 Å². The minimum atomic E-state index is -0.762. The fourth-order valence-electron chi connectivity index (χ4n) is 2.23. The van der Waals surface area contributed by atoms with Gasteiger partial charge in [0.2, 0.25) is 0 Å². The molecule has 1 aromatic carbocycles. The molecule has 0 aliphatic carbocycles. The summed E-state index contributed by atoms with van der Waals surface area (Å²) >= 11 is 0. The number of carboxylic acids is 1. The molecule has 0 bridgehead atoms. The molecule has 1 atom stereocenters. The molecule has 0 amide bonds. The van der Waals surface area contributed by atoms with Gasteiger partial charge in [0.05, 0.1) is 18.7 Å². The number of hydrogen-bond acceptors (Lipinski definition) is 3. The van der Waals surface area contributed by atoms with Crippen molar-refractivity contribution >= 4 is 11.7 Å². The van der Waals surface area contributed by atoms with Crippen LogP contribution in [0.1, 0.15) is 25.8 Å². The molecule has 1 N–H and O–H groups in total. The molecule has 0 radical (unpaired) electrons. The summed E-state index contributed by atoms with van der Waals surface area (Å²) in [4.78, 5) is 12.8. The number of aliphatic carboxylic acids is 1. The predicted molar refractivity (Wildman–Crippen MR) is 70.4 cm³/mol. The zero-order valence-corrected chi connectivity index (χ0v) is 10.8. The van der Waals surface area contributed by atoms with E-state index in [9.17, 15) is 4.79 Å². The third-order valence-electron chi connectivity index (χ3n) is 3.17. The summed E-state index contributed by atoms with van der Waals surface area (Å²) in [6.45, 7) is 5.39. The van der Waals surface area contributed by atoms with Crippen molar-refractivity contribution in [3.63, 3.8) is 0 Å².